The zero-order valence-electron chi connectivity index (χ0n) is 12.0. The quantitative estimate of drug-likeness (QED) is 0.759. The topological polar surface area (TPSA) is 93.4 Å². The van der Waals surface area contributed by atoms with E-state index in [0.717, 1.165) is 6.42 Å². The number of nitrogens with zero attached hydrogens (tertiary/aromatic N) is 2. The van der Waals surface area contributed by atoms with Crippen molar-refractivity contribution in [1.29, 1.82) is 5.26 Å². The van der Waals surface area contributed by atoms with Crippen molar-refractivity contribution < 1.29 is 14.7 Å². The Bertz CT molecular complexity index is 520. The number of amides is 1. The molecule has 1 aromatic rings. The number of aliphatic carboxylic acids is 1. The van der Waals surface area contributed by atoms with Crippen molar-refractivity contribution in [1.82, 2.24) is 4.90 Å². The number of carboxylic acids is 1. The zero-order valence-corrected chi connectivity index (χ0v) is 12.0. The molecule has 21 heavy (non-hydrogen) atoms. The number of nitriles is 1. The van der Waals surface area contributed by atoms with Gasteiger partial charge in [0.1, 0.15) is 0 Å². The highest BCUT2D eigenvalue weighted by molar-refractivity contribution is 5.90. The van der Waals surface area contributed by atoms with Gasteiger partial charge in [0.25, 0.3) is 0 Å². The lowest BCUT2D eigenvalue weighted by Gasteiger charge is -2.18. The van der Waals surface area contributed by atoms with Crippen LogP contribution in [0.4, 0.5) is 5.69 Å². The summed E-state index contributed by atoms with van der Waals surface area (Å²) in [6, 6.07) is 8.59. The van der Waals surface area contributed by atoms with Crippen LogP contribution in [-0.2, 0) is 9.59 Å². The summed E-state index contributed by atoms with van der Waals surface area (Å²) in [5, 5.41) is 20.2. The van der Waals surface area contributed by atoms with Gasteiger partial charge in [-0.2, -0.15) is 5.26 Å². The molecule has 0 saturated heterocycles. The molecule has 0 spiro atoms. The fourth-order valence-electron chi connectivity index (χ4n) is 1.89. The summed E-state index contributed by atoms with van der Waals surface area (Å²) < 4.78 is 0. The molecule has 0 atom stereocenters. The number of hydrogen-bond acceptors (Lipinski definition) is 4. The van der Waals surface area contributed by atoms with Crippen LogP contribution in [-0.4, -0.2) is 41.5 Å². The number of carboxylic acid groups (broad SMARTS) is 1. The molecule has 0 fully saturated rings. The van der Waals surface area contributed by atoms with Crippen LogP contribution in [0.3, 0.4) is 0 Å². The van der Waals surface area contributed by atoms with E-state index in [4.69, 9.17) is 10.4 Å². The van der Waals surface area contributed by atoms with E-state index in [0.29, 0.717) is 24.3 Å². The van der Waals surface area contributed by atoms with Gasteiger partial charge in [-0.05, 0) is 37.2 Å². The maximum absolute atomic E-state index is 11.8. The summed E-state index contributed by atoms with van der Waals surface area (Å²) in [7, 11) is 0. The highest BCUT2D eigenvalue weighted by Gasteiger charge is 2.11. The van der Waals surface area contributed by atoms with Crippen LogP contribution in [0, 0.1) is 11.3 Å². The number of anilines is 1. The molecule has 0 aliphatic rings. The number of nitrogens with one attached hydrogen (secondary N) is 1. The van der Waals surface area contributed by atoms with Gasteiger partial charge in [-0.15, -0.1) is 0 Å². The lowest BCUT2D eigenvalue weighted by Crippen LogP contribution is -2.33. The maximum atomic E-state index is 11.8. The van der Waals surface area contributed by atoms with E-state index in [1.807, 2.05) is 13.0 Å². The Morgan fingerprint density at radius 1 is 1.29 bits per heavy atom. The van der Waals surface area contributed by atoms with Crippen molar-refractivity contribution in [3.8, 4) is 6.07 Å². The highest BCUT2D eigenvalue weighted by Crippen LogP contribution is 2.09. The average Bonchev–Trinajstić information content (AvgIpc) is 2.45. The molecule has 0 bridgehead atoms. The van der Waals surface area contributed by atoms with E-state index < -0.39 is 5.97 Å². The normalized spacial score (nSPS) is 10.1. The van der Waals surface area contributed by atoms with E-state index in [-0.39, 0.29) is 18.9 Å². The minimum atomic E-state index is -0.893. The first kappa shape index (κ1) is 16.7. The monoisotopic (exact) mass is 289 g/mol. The van der Waals surface area contributed by atoms with Crippen LogP contribution in [0.25, 0.3) is 0 Å². The van der Waals surface area contributed by atoms with E-state index in [2.05, 4.69) is 5.32 Å². The molecule has 6 nitrogen and oxygen atoms in total. The van der Waals surface area contributed by atoms with Gasteiger partial charge in [-0.3, -0.25) is 14.5 Å². The Morgan fingerprint density at radius 2 is 1.95 bits per heavy atom. The number of carbonyl (C=O) groups excluding carboxylic acids is 1. The second kappa shape index (κ2) is 8.72. The van der Waals surface area contributed by atoms with Crippen molar-refractivity contribution in [2.24, 2.45) is 0 Å². The summed E-state index contributed by atoms with van der Waals surface area (Å²) in [5.74, 6) is -1.07. The first-order chi connectivity index (χ1) is 10.0. The van der Waals surface area contributed by atoms with Crippen LogP contribution in [0.2, 0.25) is 0 Å². The van der Waals surface area contributed by atoms with Gasteiger partial charge in [-0.25, -0.2) is 0 Å². The fraction of sp³-hybridized carbons (Fsp3) is 0.400. The summed E-state index contributed by atoms with van der Waals surface area (Å²) in [6.07, 6.45) is 1.07. The molecule has 1 rings (SSSR count). The van der Waals surface area contributed by atoms with Crippen molar-refractivity contribution in [2.75, 3.05) is 25.0 Å². The molecule has 0 saturated carbocycles. The van der Waals surface area contributed by atoms with Crippen LogP contribution in [0.1, 0.15) is 25.3 Å². The summed E-state index contributed by atoms with van der Waals surface area (Å²) in [5.41, 5.74) is 1.16. The molecule has 2 N–H and O–H groups in total. The van der Waals surface area contributed by atoms with Crippen molar-refractivity contribution in [3.05, 3.63) is 29.8 Å². The van der Waals surface area contributed by atoms with E-state index in [9.17, 15) is 9.59 Å². The summed E-state index contributed by atoms with van der Waals surface area (Å²) >= 11 is 0. The molecule has 0 radical (unpaired) electrons. The smallest absolute Gasteiger partial charge is 0.317 e. The third kappa shape index (κ3) is 6.54. The molecule has 1 amide bonds. The van der Waals surface area contributed by atoms with Crippen LogP contribution < -0.4 is 5.32 Å². The second-order valence-electron chi connectivity index (χ2n) is 4.66. The third-order valence-corrected chi connectivity index (χ3v) is 2.85. The van der Waals surface area contributed by atoms with Gasteiger partial charge >= 0.3 is 5.97 Å². The molecular weight excluding hydrogens is 270 g/mol. The molecule has 6 heteroatoms. The van der Waals surface area contributed by atoms with Crippen molar-refractivity contribution in [3.63, 3.8) is 0 Å². The molecular formula is C15H19N3O3. The number of rotatable bonds is 8. The molecule has 0 aromatic heterocycles. The highest BCUT2D eigenvalue weighted by atomic mass is 16.4. The first-order valence-corrected chi connectivity index (χ1v) is 6.79. The van der Waals surface area contributed by atoms with Crippen molar-refractivity contribution in [2.45, 2.75) is 19.8 Å². The van der Waals surface area contributed by atoms with Crippen LogP contribution in [0.5, 0.6) is 0 Å². The Morgan fingerprint density at radius 3 is 2.48 bits per heavy atom. The number of hydrogen-bond donors (Lipinski definition) is 2. The number of carbonyl (C=O) groups is 2. The van der Waals surface area contributed by atoms with Gasteiger partial charge in [0, 0.05) is 18.7 Å². The Balaban J connectivity index is 2.44. The molecule has 0 aliphatic carbocycles. The second-order valence-corrected chi connectivity index (χ2v) is 4.66. The first-order valence-electron chi connectivity index (χ1n) is 6.79. The van der Waals surface area contributed by atoms with E-state index >= 15 is 0 Å². The van der Waals surface area contributed by atoms with E-state index in [1.165, 1.54) is 0 Å². The number of benzene rings is 1. The third-order valence-electron chi connectivity index (χ3n) is 2.85. The van der Waals surface area contributed by atoms with Gasteiger partial charge in [0.2, 0.25) is 5.91 Å². The SMILES string of the molecule is CCCN(CCC(=O)Nc1ccc(C#N)cc1)CC(=O)O. The summed E-state index contributed by atoms with van der Waals surface area (Å²) in [4.78, 5) is 24.3. The van der Waals surface area contributed by atoms with E-state index in [1.54, 1.807) is 29.2 Å². The summed E-state index contributed by atoms with van der Waals surface area (Å²) in [6.45, 7) is 2.96. The Hall–Kier alpha value is -2.39. The standard InChI is InChI=1S/C15H19N3O3/c1-2-8-18(11-15(20)21)9-7-14(19)17-13-5-3-12(10-16)4-6-13/h3-6H,2,7-9,11H2,1H3,(H,17,19)(H,20,21). The van der Waals surface area contributed by atoms with Gasteiger partial charge in [0.05, 0.1) is 18.2 Å². The predicted molar refractivity (Wildman–Crippen MR) is 78.8 cm³/mol. The van der Waals surface area contributed by atoms with Gasteiger partial charge in [0.15, 0.2) is 0 Å². The predicted octanol–water partition coefficient (Wildman–Crippen LogP) is 1.68. The minimum Gasteiger partial charge on any atom is -0.480 e. The largest absolute Gasteiger partial charge is 0.480 e. The zero-order chi connectivity index (χ0) is 15.7. The van der Waals surface area contributed by atoms with Gasteiger partial charge in [-0.1, -0.05) is 6.92 Å². The fourth-order valence-corrected chi connectivity index (χ4v) is 1.89. The minimum absolute atomic E-state index is 0.0576. The Labute approximate surface area is 124 Å². The molecule has 0 heterocycles. The molecule has 0 aliphatic heterocycles. The average molecular weight is 289 g/mol. The molecule has 0 unspecified atom stereocenters. The Kier molecular flexibility index (Phi) is 6.92. The molecule has 112 valence electrons. The van der Waals surface area contributed by atoms with Crippen LogP contribution >= 0.6 is 0 Å². The van der Waals surface area contributed by atoms with Gasteiger partial charge < -0.3 is 10.4 Å². The van der Waals surface area contributed by atoms with Crippen LogP contribution in [0.15, 0.2) is 24.3 Å². The lowest BCUT2D eigenvalue weighted by atomic mass is 10.2. The lowest BCUT2D eigenvalue weighted by molar-refractivity contribution is -0.138. The maximum Gasteiger partial charge on any atom is 0.317 e. The molecule has 1 aromatic carbocycles. The van der Waals surface area contributed by atoms with Crippen molar-refractivity contribution >= 4 is 17.6 Å².